The molecule has 1 aliphatic heterocycles. The minimum atomic E-state index is -0.421. The van der Waals surface area contributed by atoms with Crippen LogP contribution in [-0.4, -0.2) is 33.7 Å². The number of rotatable bonds is 5. The van der Waals surface area contributed by atoms with Crippen molar-refractivity contribution in [3.63, 3.8) is 0 Å². The quantitative estimate of drug-likeness (QED) is 0.888. The van der Waals surface area contributed by atoms with E-state index in [0.29, 0.717) is 0 Å². The number of halogens is 1. The van der Waals surface area contributed by atoms with Crippen molar-refractivity contribution in [2.75, 3.05) is 18.4 Å². The summed E-state index contributed by atoms with van der Waals surface area (Å²) in [6.07, 6.45) is 4.15. The van der Waals surface area contributed by atoms with Gasteiger partial charge in [0, 0.05) is 12.6 Å². The molecule has 0 saturated carbocycles. The maximum atomic E-state index is 13.4. The standard InChI is InChI=1S/C20H27FN4O/c1-4-17-14(2)23-24(3)19(17)22-20(26)18(25-12-6-5-7-13-25)15-8-10-16(21)11-9-15/h8-11,18H,4-7,12-13H2,1-3H3,(H,22,26). The molecule has 26 heavy (non-hydrogen) atoms. The third-order valence-corrected chi connectivity index (χ3v) is 5.13. The fourth-order valence-corrected chi connectivity index (χ4v) is 3.82. The maximum Gasteiger partial charge on any atom is 0.247 e. The van der Waals surface area contributed by atoms with E-state index in [2.05, 4.69) is 22.2 Å². The molecule has 1 N–H and O–H groups in total. The van der Waals surface area contributed by atoms with Crippen LogP contribution in [0.25, 0.3) is 0 Å². The number of carbonyl (C=O) groups is 1. The molecule has 140 valence electrons. The zero-order valence-corrected chi connectivity index (χ0v) is 15.8. The average Bonchev–Trinajstić information content (AvgIpc) is 2.90. The van der Waals surface area contributed by atoms with Crippen molar-refractivity contribution >= 4 is 11.7 Å². The lowest BCUT2D eigenvalue weighted by atomic mass is 10.0. The van der Waals surface area contributed by atoms with Gasteiger partial charge in [0.25, 0.3) is 0 Å². The summed E-state index contributed by atoms with van der Waals surface area (Å²) in [5.74, 6) is 0.373. The minimum Gasteiger partial charge on any atom is -0.309 e. The molecule has 0 aliphatic carbocycles. The van der Waals surface area contributed by atoms with Gasteiger partial charge >= 0.3 is 0 Å². The number of hydrogen-bond acceptors (Lipinski definition) is 3. The first-order valence-electron chi connectivity index (χ1n) is 9.34. The number of aryl methyl sites for hydroxylation is 2. The van der Waals surface area contributed by atoms with Crippen molar-refractivity contribution < 1.29 is 9.18 Å². The van der Waals surface area contributed by atoms with Crippen molar-refractivity contribution in [3.8, 4) is 0 Å². The van der Waals surface area contributed by atoms with Crippen LogP contribution >= 0.6 is 0 Å². The van der Waals surface area contributed by atoms with Gasteiger partial charge in [-0.25, -0.2) is 4.39 Å². The van der Waals surface area contributed by atoms with E-state index >= 15 is 0 Å². The van der Waals surface area contributed by atoms with E-state index in [0.717, 1.165) is 55.0 Å². The Morgan fingerprint density at radius 1 is 1.23 bits per heavy atom. The summed E-state index contributed by atoms with van der Waals surface area (Å²) in [5.41, 5.74) is 2.81. The summed E-state index contributed by atoms with van der Waals surface area (Å²) in [5, 5.41) is 7.52. The number of nitrogens with zero attached hydrogens (tertiary/aromatic N) is 3. The molecule has 2 aromatic rings. The van der Waals surface area contributed by atoms with Crippen LogP contribution in [0.1, 0.15) is 49.0 Å². The second-order valence-corrected chi connectivity index (χ2v) is 6.93. The van der Waals surface area contributed by atoms with Gasteiger partial charge in [0.05, 0.1) is 5.69 Å². The summed E-state index contributed by atoms with van der Waals surface area (Å²) >= 11 is 0. The number of carbonyl (C=O) groups excluding carboxylic acids is 1. The number of likely N-dealkylation sites (tertiary alicyclic amines) is 1. The molecule has 1 saturated heterocycles. The van der Waals surface area contributed by atoms with E-state index in [1.54, 1.807) is 16.8 Å². The predicted octanol–water partition coefficient (Wildman–Crippen LogP) is 3.60. The molecule has 0 radical (unpaired) electrons. The number of benzene rings is 1. The highest BCUT2D eigenvalue weighted by molar-refractivity contribution is 5.95. The number of aromatic nitrogens is 2. The Labute approximate surface area is 154 Å². The molecular formula is C20H27FN4O. The number of nitrogens with one attached hydrogen (secondary N) is 1. The van der Waals surface area contributed by atoms with Gasteiger partial charge in [-0.15, -0.1) is 0 Å². The Hall–Kier alpha value is -2.21. The van der Waals surface area contributed by atoms with Crippen LogP contribution in [0.5, 0.6) is 0 Å². The summed E-state index contributed by atoms with van der Waals surface area (Å²) in [6, 6.07) is 5.85. The van der Waals surface area contributed by atoms with E-state index < -0.39 is 6.04 Å². The van der Waals surface area contributed by atoms with Gasteiger partial charge in [0.2, 0.25) is 5.91 Å². The molecule has 1 atom stereocenters. The molecule has 1 fully saturated rings. The second-order valence-electron chi connectivity index (χ2n) is 6.93. The van der Waals surface area contributed by atoms with Crippen molar-refractivity contribution in [2.24, 2.45) is 7.05 Å². The maximum absolute atomic E-state index is 13.4. The van der Waals surface area contributed by atoms with Crippen molar-refractivity contribution in [2.45, 2.75) is 45.6 Å². The minimum absolute atomic E-state index is 0.0868. The topological polar surface area (TPSA) is 50.2 Å². The Kier molecular flexibility index (Phi) is 5.71. The van der Waals surface area contributed by atoms with E-state index in [4.69, 9.17) is 0 Å². The van der Waals surface area contributed by atoms with Gasteiger partial charge in [-0.05, 0) is 57.0 Å². The first kappa shape index (κ1) is 18.6. The molecular weight excluding hydrogens is 331 g/mol. The Balaban J connectivity index is 1.91. The zero-order valence-electron chi connectivity index (χ0n) is 15.8. The van der Waals surface area contributed by atoms with Gasteiger partial charge in [-0.1, -0.05) is 25.5 Å². The van der Waals surface area contributed by atoms with Crippen molar-refractivity contribution in [1.29, 1.82) is 0 Å². The second kappa shape index (κ2) is 7.99. The van der Waals surface area contributed by atoms with E-state index in [9.17, 15) is 9.18 Å². The molecule has 1 aromatic carbocycles. The van der Waals surface area contributed by atoms with E-state index in [-0.39, 0.29) is 11.7 Å². The molecule has 5 nitrogen and oxygen atoms in total. The zero-order chi connectivity index (χ0) is 18.7. The highest BCUT2D eigenvalue weighted by Crippen LogP contribution is 2.28. The SMILES string of the molecule is CCc1c(C)nn(C)c1NC(=O)C(c1ccc(F)cc1)N1CCCCC1. The third kappa shape index (κ3) is 3.80. The number of hydrogen-bond donors (Lipinski definition) is 1. The molecule has 1 aromatic heterocycles. The number of piperidine rings is 1. The normalized spacial score (nSPS) is 16.5. The molecule has 3 rings (SSSR count). The van der Waals surface area contributed by atoms with Gasteiger partial charge < -0.3 is 5.32 Å². The Morgan fingerprint density at radius 3 is 2.50 bits per heavy atom. The number of anilines is 1. The fraction of sp³-hybridized carbons (Fsp3) is 0.500. The lowest BCUT2D eigenvalue weighted by molar-refractivity contribution is -0.122. The lowest BCUT2D eigenvalue weighted by Gasteiger charge is -2.34. The van der Waals surface area contributed by atoms with Crippen LogP contribution < -0.4 is 5.32 Å². The summed E-state index contributed by atoms with van der Waals surface area (Å²) in [7, 11) is 1.84. The van der Waals surface area contributed by atoms with Crippen molar-refractivity contribution in [1.82, 2.24) is 14.7 Å². The predicted molar refractivity (Wildman–Crippen MR) is 101 cm³/mol. The smallest absolute Gasteiger partial charge is 0.247 e. The monoisotopic (exact) mass is 358 g/mol. The highest BCUT2D eigenvalue weighted by Gasteiger charge is 2.30. The molecule has 1 aliphatic rings. The fourth-order valence-electron chi connectivity index (χ4n) is 3.82. The first-order chi connectivity index (χ1) is 12.5. The van der Waals surface area contributed by atoms with Gasteiger partial charge in [-0.2, -0.15) is 5.10 Å². The lowest BCUT2D eigenvalue weighted by Crippen LogP contribution is -2.40. The largest absolute Gasteiger partial charge is 0.309 e. The highest BCUT2D eigenvalue weighted by atomic mass is 19.1. The summed E-state index contributed by atoms with van der Waals surface area (Å²) in [4.78, 5) is 15.4. The Bertz CT molecular complexity index is 763. The molecule has 2 heterocycles. The van der Waals surface area contributed by atoms with Gasteiger partial charge in [0.1, 0.15) is 17.7 Å². The van der Waals surface area contributed by atoms with Crippen LogP contribution in [0.15, 0.2) is 24.3 Å². The first-order valence-corrected chi connectivity index (χ1v) is 9.34. The molecule has 0 bridgehead atoms. The summed E-state index contributed by atoms with van der Waals surface area (Å²) in [6.45, 7) is 5.76. The van der Waals surface area contributed by atoms with Crippen LogP contribution in [-0.2, 0) is 18.3 Å². The average molecular weight is 358 g/mol. The molecule has 6 heteroatoms. The molecule has 1 unspecified atom stereocenters. The van der Waals surface area contributed by atoms with Crippen LogP contribution in [0.2, 0.25) is 0 Å². The molecule has 0 spiro atoms. The van der Waals surface area contributed by atoms with Gasteiger partial charge in [-0.3, -0.25) is 14.4 Å². The number of amides is 1. The van der Waals surface area contributed by atoms with E-state index in [1.807, 2.05) is 14.0 Å². The third-order valence-electron chi connectivity index (χ3n) is 5.13. The summed E-state index contributed by atoms with van der Waals surface area (Å²) < 4.78 is 15.1. The molecule has 1 amide bonds. The van der Waals surface area contributed by atoms with E-state index in [1.165, 1.54) is 18.6 Å². The van der Waals surface area contributed by atoms with Gasteiger partial charge in [0.15, 0.2) is 0 Å². The van der Waals surface area contributed by atoms with Crippen LogP contribution in [0.3, 0.4) is 0 Å². The van der Waals surface area contributed by atoms with Crippen LogP contribution in [0, 0.1) is 12.7 Å². The Morgan fingerprint density at radius 2 is 1.88 bits per heavy atom. The van der Waals surface area contributed by atoms with Crippen LogP contribution in [0.4, 0.5) is 10.2 Å². The van der Waals surface area contributed by atoms with Crippen molar-refractivity contribution in [3.05, 3.63) is 46.9 Å².